The molecular weight excluding hydrogens is 357 g/mol. The number of nitrogens with zero attached hydrogens (tertiary/aromatic N) is 2. The number of nitrogens with one attached hydrogen (secondary N) is 1. The van der Waals surface area contributed by atoms with Crippen molar-refractivity contribution in [1.82, 2.24) is 10.2 Å². The third-order valence-corrected chi connectivity index (χ3v) is 6.83. The molecule has 0 saturated carbocycles. The lowest BCUT2D eigenvalue weighted by atomic mass is 10.2. The average Bonchev–Trinajstić information content (AvgIpc) is 3.07. The summed E-state index contributed by atoms with van der Waals surface area (Å²) in [6.07, 6.45) is 1.28. The first-order valence-corrected chi connectivity index (χ1v) is 10.4. The van der Waals surface area contributed by atoms with E-state index in [1.54, 1.807) is 0 Å². The van der Waals surface area contributed by atoms with Gasteiger partial charge in [0.1, 0.15) is 5.82 Å². The van der Waals surface area contributed by atoms with Crippen molar-refractivity contribution in [3.05, 3.63) is 34.6 Å². The number of hydrogen-bond acceptors (Lipinski definition) is 5. The maximum absolute atomic E-state index is 13.7. The van der Waals surface area contributed by atoms with Crippen molar-refractivity contribution in [1.29, 1.82) is 0 Å². The van der Waals surface area contributed by atoms with Gasteiger partial charge in [-0.3, -0.25) is 4.79 Å². The van der Waals surface area contributed by atoms with Gasteiger partial charge < -0.3 is 15.1 Å². The van der Waals surface area contributed by atoms with E-state index in [2.05, 4.69) is 10.2 Å². The van der Waals surface area contributed by atoms with Gasteiger partial charge in [0.15, 0.2) is 4.91 Å². The molecule has 0 radical (unpaired) electrons. The molecule has 0 unspecified atom stereocenters. The molecule has 1 aromatic carbocycles. The molecule has 2 heterocycles. The van der Waals surface area contributed by atoms with Crippen molar-refractivity contribution in [3.63, 3.8) is 0 Å². The molecule has 1 N–H and O–H groups in total. The van der Waals surface area contributed by atoms with Gasteiger partial charge in [-0.15, -0.1) is 0 Å². The highest BCUT2D eigenvalue weighted by Gasteiger charge is 2.41. The smallest absolute Gasteiger partial charge is 0.265 e. The fourth-order valence-electron chi connectivity index (χ4n) is 3.57. The molecule has 2 aliphatic rings. The monoisotopic (exact) mass is 381 g/mol. The van der Waals surface area contributed by atoms with Crippen molar-refractivity contribution in [2.24, 2.45) is 0 Å². The number of likely N-dealkylation sites (N-methyl/N-ethyl adjacent to an activating group) is 1. The molecule has 142 valence electrons. The average molecular weight is 381 g/mol. The predicted octanol–water partition coefficient (Wildman–Crippen LogP) is 1.88. The summed E-state index contributed by atoms with van der Waals surface area (Å²) in [7, 11) is -4.05. The van der Waals surface area contributed by atoms with Gasteiger partial charge in [-0.05, 0) is 44.1 Å². The van der Waals surface area contributed by atoms with Crippen LogP contribution < -0.4 is 10.2 Å². The molecule has 2 aliphatic heterocycles. The normalized spacial score (nSPS) is 18.1. The fraction of sp³-hybridized carbons (Fsp3) is 0.500. The molecule has 0 aliphatic carbocycles. The standard InChI is InChI=1S/C18H24FN3O3S/c1-3-21(4-2)11-9-20-18(23)17-15-6-5-10-22(15)14-8-7-13(19)12-16(14)26(17,24)25/h7-8,12H,3-6,9-11H2,1-2H3,(H,20,23). The number of halogens is 1. The van der Waals surface area contributed by atoms with Crippen LogP contribution in [0, 0.1) is 5.82 Å². The summed E-state index contributed by atoms with van der Waals surface area (Å²) < 4.78 is 39.7. The summed E-state index contributed by atoms with van der Waals surface area (Å²) in [4.78, 5) is 16.3. The third kappa shape index (κ3) is 3.23. The first-order valence-electron chi connectivity index (χ1n) is 8.96. The summed E-state index contributed by atoms with van der Waals surface area (Å²) in [5.41, 5.74) is 0.975. The van der Waals surface area contributed by atoms with Gasteiger partial charge in [0.05, 0.1) is 10.6 Å². The highest BCUT2D eigenvalue weighted by atomic mass is 32.2. The zero-order chi connectivity index (χ0) is 18.9. The molecule has 8 heteroatoms. The summed E-state index contributed by atoms with van der Waals surface area (Å²) >= 11 is 0. The number of benzene rings is 1. The number of rotatable bonds is 6. The third-order valence-electron chi connectivity index (χ3n) is 4.97. The van der Waals surface area contributed by atoms with Crippen LogP contribution in [0.3, 0.4) is 0 Å². The van der Waals surface area contributed by atoms with Crippen LogP contribution in [-0.2, 0) is 14.6 Å². The fourth-order valence-corrected chi connectivity index (χ4v) is 5.35. The van der Waals surface area contributed by atoms with Crippen molar-refractivity contribution < 1.29 is 17.6 Å². The van der Waals surface area contributed by atoms with E-state index in [0.29, 0.717) is 37.4 Å². The number of carbonyl (C=O) groups is 1. The Kier molecular flexibility index (Phi) is 5.34. The number of hydrogen-bond donors (Lipinski definition) is 1. The van der Waals surface area contributed by atoms with Crippen LogP contribution in [0.1, 0.15) is 26.7 Å². The quantitative estimate of drug-likeness (QED) is 0.815. The second-order valence-corrected chi connectivity index (χ2v) is 8.28. The molecule has 1 saturated heterocycles. The van der Waals surface area contributed by atoms with E-state index in [-0.39, 0.29) is 9.80 Å². The number of carbonyl (C=O) groups excluding carboxylic acids is 1. The summed E-state index contributed by atoms with van der Waals surface area (Å²) in [6.45, 7) is 7.42. The molecule has 1 amide bonds. The van der Waals surface area contributed by atoms with Gasteiger partial charge >= 0.3 is 0 Å². The Morgan fingerprint density at radius 3 is 2.73 bits per heavy atom. The zero-order valence-electron chi connectivity index (χ0n) is 15.1. The molecular formula is C18H24FN3O3S. The van der Waals surface area contributed by atoms with E-state index >= 15 is 0 Å². The highest BCUT2D eigenvalue weighted by Crippen LogP contribution is 2.43. The van der Waals surface area contributed by atoms with E-state index in [1.807, 2.05) is 18.7 Å². The topological polar surface area (TPSA) is 69.7 Å². The van der Waals surface area contributed by atoms with E-state index in [1.165, 1.54) is 12.1 Å². The molecule has 1 fully saturated rings. The van der Waals surface area contributed by atoms with E-state index in [4.69, 9.17) is 0 Å². The van der Waals surface area contributed by atoms with Crippen LogP contribution in [0.15, 0.2) is 33.7 Å². The predicted molar refractivity (Wildman–Crippen MR) is 98.0 cm³/mol. The number of fused-ring (bicyclic) bond motifs is 3. The van der Waals surface area contributed by atoms with Crippen LogP contribution in [0.5, 0.6) is 0 Å². The lowest BCUT2D eigenvalue weighted by Gasteiger charge is -2.30. The molecule has 0 atom stereocenters. The minimum absolute atomic E-state index is 0.128. The number of allylic oxidation sites excluding steroid dienone is 1. The molecule has 3 rings (SSSR count). The Morgan fingerprint density at radius 1 is 1.31 bits per heavy atom. The van der Waals surface area contributed by atoms with E-state index < -0.39 is 21.6 Å². The van der Waals surface area contributed by atoms with Gasteiger partial charge in [-0.1, -0.05) is 13.8 Å². The molecule has 6 nitrogen and oxygen atoms in total. The van der Waals surface area contributed by atoms with Crippen LogP contribution in [0.4, 0.5) is 10.1 Å². The molecule has 0 aromatic heterocycles. The molecule has 26 heavy (non-hydrogen) atoms. The summed E-state index contributed by atoms with van der Waals surface area (Å²) in [6, 6.07) is 3.73. The second-order valence-electron chi connectivity index (χ2n) is 6.43. The maximum Gasteiger partial charge on any atom is 0.265 e. The summed E-state index contributed by atoms with van der Waals surface area (Å²) in [5, 5.41) is 2.73. The SMILES string of the molecule is CCN(CC)CCNC(=O)C1=C2CCCN2c2ccc(F)cc2S1(=O)=O. The van der Waals surface area contributed by atoms with Crippen molar-refractivity contribution in [2.45, 2.75) is 31.6 Å². The second kappa shape index (κ2) is 7.36. The zero-order valence-corrected chi connectivity index (χ0v) is 15.9. The number of amides is 1. The Morgan fingerprint density at radius 2 is 2.04 bits per heavy atom. The minimum atomic E-state index is -4.05. The van der Waals surface area contributed by atoms with Crippen LogP contribution in [0.2, 0.25) is 0 Å². The number of sulfone groups is 1. The minimum Gasteiger partial charge on any atom is -0.350 e. The van der Waals surface area contributed by atoms with Crippen molar-refractivity contribution in [2.75, 3.05) is 37.6 Å². The Bertz CT molecular complexity index is 847. The highest BCUT2D eigenvalue weighted by molar-refractivity contribution is 7.96. The molecule has 0 spiro atoms. The first-order chi connectivity index (χ1) is 12.4. The Balaban J connectivity index is 1.91. The van der Waals surface area contributed by atoms with Gasteiger partial charge in [0.2, 0.25) is 9.84 Å². The maximum atomic E-state index is 13.7. The van der Waals surface area contributed by atoms with Crippen LogP contribution in [-0.4, -0.2) is 51.9 Å². The van der Waals surface area contributed by atoms with E-state index in [9.17, 15) is 17.6 Å². The first kappa shape index (κ1) is 18.8. The number of anilines is 1. The Hall–Kier alpha value is -1.93. The lowest BCUT2D eigenvalue weighted by Crippen LogP contribution is -2.39. The summed E-state index contributed by atoms with van der Waals surface area (Å²) in [5.74, 6) is -1.23. The van der Waals surface area contributed by atoms with Crippen molar-refractivity contribution >= 4 is 21.4 Å². The van der Waals surface area contributed by atoms with Gasteiger partial charge in [-0.2, -0.15) is 0 Å². The van der Waals surface area contributed by atoms with Crippen LogP contribution >= 0.6 is 0 Å². The molecule has 0 bridgehead atoms. The van der Waals surface area contributed by atoms with Crippen LogP contribution in [0.25, 0.3) is 0 Å². The van der Waals surface area contributed by atoms with Crippen molar-refractivity contribution in [3.8, 4) is 0 Å². The Labute approximate surface area is 153 Å². The van der Waals surface area contributed by atoms with Gasteiger partial charge in [0, 0.05) is 25.3 Å². The van der Waals surface area contributed by atoms with Gasteiger partial charge in [-0.25, -0.2) is 12.8 Å². The van der Waals surface area contributed by atoms with E-state index in [0.717, 1.165) is 25.6 Å². The molecule has 1 aromatic rings. The largest absolute Gasteiger partial charge is 0.350 e. The van der Waals surface area contributed by atoms with Gasteiger partial charge in [0.25, 0.3) is 5.91 Å². The lowest BCUT2D eigenvalue weighted by molar-refractivity contribution is -0.116.